The maximum atomic E-state index is 12.1. The van der Waals surface area contributed by atoms with E-state index in [1.54, 1.807) is 7.11 Å². The van der Waals surface area contributed by atoms with Crippen LogP contribution in [-0.4, -0.2) is 37.6 Å². The summed E-state index contributed by atoms with van der Waals surface area (Å²) in [5, 5.41) is 0. The number of carbonyl (C=O) groups excluding carboxylic acids is 1. The summed E-state index contributed by atoms with van der Waals surface area (Å²) in [4.78, 5) is 14.0. The van der Waals surface area contributed by atoms with Crippen molar-refractivity contribution in [1.29, 1.82) is 0 Å². The normalized spacial score (nSPS) is 20.4. The minimum atomic E-state index is -0.0866. The van der Waals surface area contributed by atoms with Crippen molar-refractivity contribution >= 4 is 5.91 Å². The van der Waals surface area contributed by atoms with Crippen LogP contribution < -0.4 is 10.5 Å². The van der Waals surface area contributed by atoms with Crippen LogP contribution in [0.3, 0.4) is 0 Å². The molecular weight excluding hydrogens is 240 g/mol. The topological polar surface area (TPSA) is 55.6 Å². The minimum absolute atomic E-state index is 0.0866. The third kappa shape index (κ3) is 2.89. The number of hydrogen-bond acceptors (Lipinski definition) is 3. The number of amides is 1. The number of nitrogens with two attached hydrogens (primary N) is 1. The van der Waals surface area contributed by atoms with Crippen LogP contribution >= 0.6 is 0 Å². The van der Waals surface area contributed by atoms with Crippen LogP contribution in [0.5, 0.6) is 5.75 Å². The standard InChI is InChI=1S/C15H22N2O2/c1-11(9-16)15(18)17-8-7-12(10-17)13-5-3-4-6-14(13)19-2/h3-6,11-12H,7-10,16H2,1-2H3. The lowest BCUT2D eigenvalue weighted by molar-refractivity contribution is -0.133. The molecule has 104 valence electrons. The Hall–Kier alpha value is -1.55. The molecule has 1 fully saturated rings. The van der Waals surface area contributed by atoms with Crippen molar-refractivity contribution in [2.45, 2.75) is 19.3 Å². The Morgan fingerprint density at radius 1 is 1.53 bits per heavy atom. The molecule has 0 spiro atoms. The molecule has 4 nitrogen and oxygen atoms in total. The van der Waals surface area contributed by atoms with Gasteiger partial charge >= 0.3 is 0 Å². The van der Waals surface area contributed by atoms with E-state index in [4.69, 9.17) is 10.5 Å². The van der Waals surface area contributed by atoms with Crippen molar-refractivity contribution in [3.05, 3.63) is 29.8 Å². The zero-order valence-corrected chi connectivity index (χ0v) is 11.6. The SMILES string of the molecule is COc1ccccc1C1CCN(C(=O)C(C)CN)C1. The summed E-state index contributed by atoms with van der Waals surface area (Å²) in [7, 11) is 1.69. The lowest BCUT2D eigenvalue weighted by atomic mass is 9.97. The first-order valence-electron chi connectivity index (χ1n) is 6.79. The molecule has 0 bridgehead atoms. The molecule has 2 unspecified atom stereocenters. The number of benzene rings is 1. The van der Waals surface area contributed by atoms with Crippen LogP contribution in [0.25, 0.3) is 0 Å². The molecule has 0 aliphatic carbocycles. The van der Waals surface area contributed by atoms with Gasteiger partial charge in [0.2, 0.25) is 5.91 Å². The second-order valence-corrected chi connectivity index (χ2v) is 5.15. The molecular formula is C15H22N2O2. The monoisotopic (exact) mass is 262 g/mol. The Morgan fingerprint density at radius 2 is 2.26 bits per heavy atom. The van der Waals surface area contributed by atoms with Gasteiger partial charge in [0.1, 0.15) is 5.75 Å². The second-order valence-electron chi connectivity index (χ2n) is 5.15. The van der Waals surface area contributed by atoms with E-state index in [1.165, 1.54) is 5.56 Å². The summed E-state index contributed by atoms with van der Waals surface area (Å²) in [5.41, 5.74) is 6.76. The second kappa shape index (κ2) is 6.06. The molecule has 1 saturated heterocycles. The van der Waals surface area contributed by atoms with E-state index in [2.05, 4.69) is 6.07 Å². The van der Waals surface area contributed by atoms with Crippen LogP contribution in [0, 0.1) is 5.92 Å². The molecule has 4 heteroatoms. The van der Waals surface area contributed by atoms with Gasteiger partial charge in [-0.25, -0.2) is 0 Å². The fraction of sp³-hybridized carbons (Fsp3) is 0.533. The van der Waals surface area contributed by atoms with Crippen molar-refractivity contribution in [2.24, 2.45) is 11.7 Å². The van der Waals surface area contributed by atoms with E-state index in [9.17, 15) is 4.79 Å². The molecule has 19 heavy (non-hydrogen) atoms. The molecule has 2 rings (SSSR count). The first-order chi connectivity index (χ1) is 9.17. The highest BCUT2D eigenvalue weighted by Gasteiger charge is 2.30. The van der Waals surface area contributed by atoms with Gasteiger partial charge in [0.05, 0.1) is 7.11 Å². The summed E-state index contributed by atoms with van der Waals surface area (Å²) >= 11 is 0. The number of nitrogens with zero attached hydrogens (tertiary/aromatic N) is 1. The summed E-state index contributed by atoms with van der Waals surface area (Å²) < 4.78 is 5.40. The maximum absolute atomic E-state index is 12.1. The van der Waals surface area contributed by atoms with Crippen molar-refractivity contribution < 1.29 is 9.53 Å². The first-order valence-corrected chi connectivity index (χ1v) is 6.79. The molecule has 2 N–H and O–H groups in total. The Labute approximate surface area is 114 Å². The van der Waals surface area contributed by atoms with Crippen LogP contribution in [0.2, 0.25) is 0 Å². The van der Waals surface area contributed by atoms with Crippen molar-refractivity contribution in [1.82, 2.24) is 4.90 Å². The van der Waals surface area contributed by atoms with E-state index >= 15 is 0 Å². The zero-order valence-electron chi connectivity index (χ0n) is 11.6. The summed E-state index contributed by atoms with van der Waals surface area (Å²) in [6.45, 7) is 3.88. The average Bonchev–Trinajstić information content (AvgIpc) is 2.95. The lowest BCUT2D eigenvalue weighted by Crippen LogP contribution is -2.36. The third-order valence-corrected chi connectivity index (χ3v) is 3.85. The van der Waals surface area contributed by atoms with E-state index in [1.807, 2.05) is 30.0 Å². The number of likely N-dealkylation sites (tertiary alicyclic amines) is 1. The quantitative estimate of drug-likeness (QED) is 0.897. The average molecular weight is 262 g/mol. The van der Waals surface area contributed by atoms with Gasteiger partial charge in [-0.1, -0.05) is 25.1 Å². The maximum Gasteiger partial charge on any atom is 0.226 e. The van der Waals surface area contributed by atoms with Crippen molar-refractivity contribution in [2.75, 3.05) is 26.7 Å². The highest BCUT2D eigenvalue weighted by Crippen LogP contribution is 2.33. The summed E-state index contributed by atoms with van der Waals surface area (Å²) in [6, 6.07) is 8.05. The van der Waals surface area contributed by atoms with E-state index < -0.39 is 0 Å². The molecule has 1 amide bonds. The molecule has 1 aliphatic rings. The van der Waals surface area contributed by atoms with Crippen LogP contribution in [0.1, 0.15) is 24.8 Å². The van der Waals surface area contributed by atoms with E-state index in [0.717, 1.165) is 25.3 Å². The largest absolute Gasteiger partial charge is 0.496 e. The molecule has 1 aromatic rings. The van der Waals surface area contributed by atoms with Gasteiger partial charge in [-0.3, -0.25) is 4.79 Å². The van der Waals surface area contributed by atoms with Gasteiger partial charge in [0.15, 0.2) is 0 Å². The highest BCUT2D eigenvalue weighted by molar-refractivity contribution is 5.79. The Kier molecular flexibility index (Phi) is 4.43. The number of hydrogen-bond donors (Lipinski definition) is 1. The number of rotatable bonds is 4. The highest BCUT2D eigenvalue weighted by atomic mass is 16.5. The van der Waals surface area contributed by atoms with Gasteiger partial charge < -0.3 is 15.4 Å². The summed E-state index contributed by atoms with van der Waals surface area (Å²) in [5.74, 6) is 1.36. The van der Waals surface area contributed by atoms with Crippen LogP contribution in [0.4, 0.5) is 0 Å². The number of ether oxygens (including phenoxy) is 1. The van der Waals surface area contributed by atoms with E-state index in [0.29, 0.717) is 12.5 Å². The van der Waals surface area contributed by atoms with E-state index in [-0.39, 0.29) is 11.8 Å². The van der Waals surface area contributed by atoms with Gasteiger partial charge in [-0.2, -0.15) is 0 Å². The van der Waals surface area contributed by atoms with Gasteiger partial charge in [-0.15, -0.1) is 0 Å². The smallest absolute Gasteiger partial charge is 0.226 e. The Morgan fingerprint density at radius 3 is 2.95 bits per heavy atom. The molecule has 0 saturated carbocycles. The number of carbonyl (C=O) groups is 1. The lowest BCUT2D eigenvalue weighted by Gasteiger charge is -2.20. The Bertz CT molecular complexity index is 448. The molecule has 1 heterocycles. The summed E-state index contributed by atoms with van der Waals surface area (Å²) in [6.07, 6.45) is 0.989. The van der Waals surface area contributed by atoms with Crippen LogP contribution in [0.15, 0.2) is 24.3 Å². The van der Waals surface area contributed by atoms with Gasteiger partial charge in [0, 0.05) is 31.5 Å². The predicted octanol–water partition coefficient (Wildman–Crippen LogP) is 1.61. The zero-order chi connectivity index (χ0) is 13.8. The van der Waals surface area contributed by atoms with Crippen molar-refractivity contribution in [3.8, 4) is 5.75 Å². The molecule has 1 aliphatic heterocycles. The third-order valence-electron chi connectivity index (χ3n) is 3.85. The molecule has 0 aromatic heterocycles. The Balaban J connectivity index is 2.08. The fourth-order valence-electron chi connectivity index (χ4n) is 2.63. The van der Waals surface area contributed by atoms with Crippen molar-refractivity contribution in [3.63, 3.8) is 0 Å². The first kappa shape index (κ1) is 13.9. The minimum Gasteiger partial charge on any atom is -0.496 e. The molecule has 2 atom stereocenters. The number of methoxy groups -OCH3 is 1. The fourth-order valence-corrected chi connectivity index (χ4v) is 2.63. The molecule has 0 radical (unpaired) electrons. The van der Waals surface area contributed by atoms with Gasteiger partial charge in [-0.05, 0) is 18.1 Å². The molecule has 1 aromatic carbocycles. The predicted molar refractivity (Wildman–Crippen MR) is 75.2 cm³/mol. The number of para-hydroxylation sites is 1. The van der Waals surface area contributed by atoms with Gasteiger partial charge in [0.25, 0.3) is 0 Å². The van der Waals surface area contributed by atoms with Crippen LogP contribution in [-0.2, 0) is 4.79 Å².